The first-order valence-electron chi connectivity index (χ1n) is 7.90. The van der Waals surface area contributed by atoms with Gasteiger partial charge in [0.2, 0.25) is 5.91 Å². The first kappa shape index (κ1) is 20.3. The average molecular weight is 350 g/mol. The Kier molecular flexibility index (Phi) is 7.78. The minimum absolute atomic E-state index is 0.263. The summed E-state index contributed by atoms with van der Waals surface area (Å²) in [6.45, 7) is 5.94. The van der Waals surface area contributed by atoms with Gasteiger partial charge in [0, 0.05) is 19.2 Å². The molecule has 1 rings (SSSR count). The lowest BCUT2D eigenvalue weighted by molar-refractivity contribution is -0.116. The van der Waals surface area contributed by atoms with E-state index in [1.807, 2.05) is 6.07 Å². The van der Waals surface area contributed by atoms with Gasteiger partial charge in [-0.1, -0.05) is 6.07 Å². The topological polar surface area (TPSA) is 85.9 Å². The molecule has 0 spiro atoms. The summed E-state index contributed by atoms with van der Waals surface area (Å²) >= 11 is 0. The number of rotatable bonds is 7. The van der Waals surface area contributed by atoms with Crippen molar-refractivity contribution in [1.29, 1.82) is 0 Å². The average Bonchev–Trinajstić information content (AvgIpc) is 2.55. The first-order valence-corrected chi connectivity index (χ1v) is 7.90. The summed E-state index contributed by atoms with van der Waals surface area (Å²) in [5.41, 5.74) is 0.259. The Balaban J connectivity index is 2.39. The number of alkyl carbamates (subject to hydrolysis) is 1. The largest absolute Gasteiger partial charge is 0.493 e. The standard InChI is InChI=1S/C18H26N2O5/c1-18(2,3)25-17(22)20-11-10-19-16(21)9-7-13-6-8-14(23-4)15(12-13)24-5/h6-9,12H,10-11H2,1-5H3,(H,19,21)(H,20,22)/b9-7+. The molecular weight excluding hydrogens is 324 g/mol. The van der Waals surface area contributed by atoms with E-state index in [-0.39, 0.29) is 12.5 Å². The smallest absolute Gasteiger partial charge is 0.407 e. The number of carbonyl (C=O) groups is 2. The number of hydrogen-bond donors (Lipinski definition) is 2. The predicted octanol–water partition coefficient (Wildman–Crippen LogP) is 2.36. The van der Waals surface area contributed by atoms with E-state index in [1.165, 1.54) is 6.08 Å². The SMILES string of the molecule is COc1ccc(/C=C/C(=O)NCCNC(=O)OC(C)(C)C)cc1OC. The van der Waals surface area contributed by atoms with E-state index in [0.717, 1.165) is 5.56 Å². The zero-order chi connectivity index (χ0) is 18.9. The van der Waals surface area contributed by atoms with Crippen LogP contribution in [0.25, 0.3) is 6.08 Å². The molecular formula is C18H26N2O5. The molecule has 0 aliphatic carbocycles. The Morgan fingerprint density at radius 2 is 1.68 bits per heavy atom. The fourth-order valence-corrected chi connectivity index (χ4v) is 1.85. The highest BCUT2D eigenvalue weighted by molar-refractivity contribution is 5.91. The van der Waals surface area contributed by atoms with Gasteiger partial charge in [0.15, 0.2) is 11.5 Å². The van der Waals surface area contributed by atoms with E-state index >= 15 is 0 Å². The lowest BCUT2D eigenvalue weighted by atomic mass is 10.2. The van der Waals surface area contributed by atoms with Crippen LogP contribution in [0.1, 0.15) is 26.3 Å². The molecule has 0 unspecified atom stereocenters. The second-order valence-corrected chi connectivity index (χ2v) is 6.17. The third-order valence-electron chi connectivity index (χ3n) is 2.93. The van der Waals surface area contributed by atoms with Crippen molar-refractivity contribution in [2.45, 2.75) is 26.4 Å². The number of carbonyl (C=O) groups excluding carboxylic acids is 2. The molecule has 2 amide bonds. The molecule has 0 aliphatic heterocycles. The number of ether oxygens (including phenoxy) is 3. The van der Waals surface area contributed by atoms with E-state index in [2.05, 4.69) is 10.6 Å². The van der Waals surface area contributed by atoms with E-state index in [4.69, 9.17) is 14.2 Å². The summed E-state index contributed by atoms with van der Waals surface area (Å²) < 4.78 is 15.5. The van der Waals surface area contributed by atoms with Gasteiger partial charge in [0.1, 0.15) is 5.60 Å². The molecule has 0 heterocycles. The number of methoxy groups -OCH3 is 2. The summed E-state index contributed by atoms with van der Waals surface area (Å²) in [6, 6.07) is 5.35. The number of amides is 2. The highest BCUT2D eigenvalue weighted by atomic mass is 16.6. The van der Waals surface area contributed by atoms with E-state index in [9.17, 15) is 9.59 Å². The maximum absolute atomic E-state index is 11.8. The van der Waals surface area contributed by atoms with Gasteiger partial charge in [-0.05, 0) is 44.5 Å². The Morgan fingerprint density at radius 1 is 1.04 bits per heavy atom. The van der Waals surface area contributed by atoms with Crippen molar-refractivity contribution in [3.63, 3.8) is 0 Å². The van der Waals surface area contributed by atoms with Crippen molar-refractivity contribution in [3.8, 4) is 11.5 Å². The minimum atomic E-state index is -0.546. The fraction of sp³-hybridized carbons (Fsp3) is 0.444. The zero-order valence-electron chi connectivity index (χ0n) is 15.3. The van der Waals surface area contributed by atoms with Crippen molar-refractivity contribution in [1.82, 2.24) is 10.6 Å². The molecule has 0 aliphatic rings. The van der Waals surface area contributed by atoms with Crippen LogP contribution < -0.4 is 20.1 Å². The minimum Gasteiger partial charge on any atom is -0.493 e. The molecule has 7 nitrogen and oxygen atoms in total. The maximum atomic E-state index is 11.8. The molecule has 0 saturated heterocycles. The Bertz CT molecular complexity index is 620. The summed E-state index contributed by atoms with van der Waals surface area (Å²) in [6.07, 6.45) is 2.57. The van der Waals surface area contributed by atoms with Crippen LogP contribution in [0.2, 0.25) is 0 Å². The highest BCUT2D eigenvalue weighted by Gasteiger charge is 2.15. The molecule has 0 aromatic heterocycles. The highest BCUT2D eigenvalue weighted by Crippen LogP contribution is 2.27. The predicted molar refractivity (Wildman–Crippen MR) is 95.8 cm³/mol. The number of hydrogen-bond acceptors (Lipinski definition) is 5. The second kappa shape index (κ2) is 9.56. The number of nitrogens with one attached hydrogen (secondary N) is 2. The van der Waals surface area contributed by atoms with Gasteiger partial charge >= 0.3 is 6.09 Å². The molecule has 2 N–H and O–H groups in total. The fourth-order valence-electron chi connectivity index (χ4n) is 1.85. The van der Waals surface area contributed by atoms with Gasteiger partial charge in [-0.3, -0.25) is 4.79 Å². The van der Waals surface area contributed by atoms with Gasteiger partial charge in [-0.2, -0.15) is 0 Å². The lowest BCUT2D eigenvalue weighted by Crippen LogP contribution is -2.37. The van der Waals surface area contributed by atoms with E-state index < -0.39 is 11.7 Å². The Hall–Kier alpha value is -2.70. The molecule has 0 atom stereocenters. The van der Waals surface area contributed by atoms with Crippen LogP contribution in [0.15, 0.2) is 24.3 Å². The van der Waals surface area contributed by atoms with Crippen LogP contribution in [0.4, 0.5) is 4.79 Å². The molecule has 0 saturated carbocycles. The van der Waals surface area contributed by atoms with Gasteiger partial charge in [-0.25, -0.2) is 4.79 Å². The van der Waals surface area contributed by atoms with Gasteiger partial charge in [-0.15, -0.1) is 0 Å². The maximum Gasteiger partial charge on any atom is 0.407 e. The molecule has 138 valence electrons. The third kappa shape index (κ3) is 8.10. The van der Waals surface area contributed by atoms with Crippen LogP contribution in [0.3, 0.4) is 0 Å². The molecule has 0 bridgehead atoms. The van der Waals surface area contributed by atoms with Gasteiger partial charge in [0.25, 0.3) is 0 Å². The quantitative estimate of drug-likeness (QED) is 0.582. The van der Waals surface area contributed by atoms with Crippen molar-refractivity contribution in [3.05, 3.63) is 29.8 Å². The van der Waals surface area contributed by atoms with Crippen LogP contribution in [-0.4, -0.2) is 44.9 Å². The zero-order valence-corrected chi connectivity index (χ0v) is 15.3. The van der Waals surface area contributed by atoms with Crippen molar-refractivity contribution in [2.75, 3.05) is 27.3 Å². The summed E-state index contributed by atoms with van der Waals surface area (Å²) in [5, 5.41) is 5.24. The lowest BCUT2D eigenvalue weighted by Gasteiger charge is -2.19. The van der Waals surface area contributed by atoms with Gasteiger partial charge in [0.05, 0.1) is 14.2 Å². The Morgan fingerprint density at radius 3 is 2.28 bits per heavy atom. The molecule has 0 radical (unpaired) electrons. The molecule has 1 aromatic carbocycles. The molecule has 7 heteroatoms. The summed E-state index contributed by atoms with van der Waals surface area (Å²) in [5.74, 6) is 0.949. The normalized spacial score (nSPS) is 11.1. The van der Waals surface area contributed by atoms with Crippen LogP contribution >= 0.6 is 0 Å². The second-order valence-electron chi connectivity index (χ2n) is 6.17. The van der Waals surface area contributed by atoms with Gasteiger partial charge < -0.3 is 24.8 Å². The van der Waals surface area contributed by atoms with Crippen molar-refractivity contribution < 1.29 is 23.8 Å². The van der Waals surface area contributed by atoms with E-state index in [0.29, 0.717) is 18.0 Å². The Labute approximate surface area is 148 Å². The van der Waals surface area contributed by atoms with Crippen LogP contribution in [-0.2, 0) is 9.53 Å². The third-order valence-corrected chi connectivity index (χ3v) is 2.93. The van der Waals surface area contributed by atoms with Crippen LogP contribution in [0.5, 0.6) is 11.5 Å². The van der Waals surface area contributed by atoms with E-state index in [1.54, 1.807) is 53.2 Å². The summed E-state index contributed by atoms with van der Waals surface area (Å²) in [4.78, 5) is 23.2. The van der Waals surface area contributed by atoms with Crippen molar-refractivity contribution in [2.24, 2.45) is 0 Å². The molecule has 0 fully saturated rings. The molecule has 25 heavy (non-hydrogen) atoms. The number of benzene rings is 1. The summed E-state index contributed by atoms with van der Waals surface area (Å²) in [7, 11) is 3.11. The van der Waals surface area contributed by atoms with Crippen molar-refractivity contribution >= 4 is 18.1 Å². The monoisotopic (exact) mass is 350 g/mol. The molecule has 1 aromatic rings. The first-order chi connectivity index (χ1) is 11.7. The van der Waals surface area contributed by atoms with Crippen LogP contribution in [0, 0.1) is 0 Å².